The van der Waals surface area contributed by atoms with Crippen LogP contribution in [0.3, 0.4) is 0 Å². The van der Waals surface area contributed by atoms with E-state index < -0.39 is 0 Å². The van der Waals surface area contributed by atoms with Crippen LogP contribution >= 0.6 is 23.1 Å². The lowest BCUT2D eigenvalue weighted by molar-refractivity contribution is -0.128. The molecular weight excluding hydrogens is 292 g/mol. The van der Waals surface area contributed by atoms with Crippen molar-refractivity contribution in [1.82, 2.24) is 9.88 Å². The average Bonchev–Trinajstić information content (AvgIpc) is 2.86. The van der Waals surface area contributed by atoms with Crippen molar-refractivity contribution < 1.29 is 9.59 Å². The standard InChI is InChI=1S/C14H20N2O2S2/c1-9(17)20-10-5-13(18)16(6-10)7-12-15-11(8-19-12)14(2,3)4/h8,10H,5-7H2,1-4H3. The lowest BCUT2D eigenvalue weighted by Gasteiger charge is -2.16. The first-order valence-corrected chi connectivity index (χ1v) is 8.41. The fourth-order valence-electron chi connectivity index (χ4n) is 2.09. The van der Waals surface area contributed by atoms with Crippen molar-refractivity contribution in [2.75, 3.05) is 6.54 Å². The van der Waals surface area contributed by atoms with Gasteiger partial charge >= 0.3 is 0 Å². The molecule has 2 heterocycles. The summed E-state index contributed by atoms with van der Waals surface area (Å²) in [6, 6.07) is 0. The van der Waals surface area contributed by atoms with Crippen LogP contribution in [0.2, 0.25) is 0 Å². The average molecular weight is 312 g/mol. The molecule has 1 unspecified atom stereocenters. The first kappa shape index (κ1) is 15.5. The van der Waals surface area contributed by atoms with Crippen molar-refractivity contribution in [2.45, 2.75) is 51.3 Å². The molecule has 0 saturated carbocycles. The lowest BCUT2D eigenvalue weighted by Crippen LogP contribution is -2.25. The quantitative estimate of drug-likeness (QED) is 0.861. The number of amides is 1. The molecule has 20 heavy (non-hydrogen) atoms. The maximum absolute atomic E-state index is 12.0. The summed E-state index contributed by atoms with van der Waals surface area (Å²) in [7, 11) is 0. The van der Waals surface area contributed by atoms with E-state index >= 15 is 0 Å². The molecule has 110 valence electrons. The molecule has 0 spiro atoms. The van der Waals surface area contributed by atoms with Gasteiger partial charge in [0, 0.05) is 35.9 Å². The minimum Gasteiger partial charge on any atom is -0.335 e. The lowest BCUT2D eigenvalue weighted by atomic mass is 9.93. The molecule has 1 atom stereocenters. The zero-order chi connectivity index (χ0) is 14.9. The number of thioether (sulfide) groups is 1. The van der Waals surface area contributed by atoms with E-state index in [1.807, 2.05) is 4.90 Å². The Labute approximate surface area is 128 Å². The minimum atomic E-state index is 0.0385. The van der Waals surface area contributed by atoms with Crippen LogP contribution in [0.5, 0.6) is 0 Å². The fourth-order valence-corrected chi connectivity index (χ4v) is 4.08. The number of aromatic nitrogens is 1. The summed E-state index contributed by atoms with van der Waals surface area (Å²) in [5, 5.41) is 3.21. The topological polar surface area (TPSA) is 50.3 Å². The van der Waals surface area contributed by atoms with Crippen LogP contribution < -0.4 is 0 Å². The third-order valence-corrected chi connectivity index (χ3v) is 4.97. The van der Waals surface area contributed by atoms with Crippen LogP contribution in [0.25, 0.3) is 0 Å². The van der Waals surface area contributed by atoms with Crippen LogP contribution in [-0.4, -0.2) is 32.7 Å². The van der Waals surface area contributed by atoms with E-state index in [1.54, 1.807) is 18.3 Å². The smallest absolute Gasteiger partial charge is 0.224 e. The molecule has 1 aliphatic rings. The highest BCUT2D eigenvalue weighted by atomic mass is 32.2. The Bertz CT molecular complexity index is 519. The van der Waals surface area contributed by atoms with Gasteiger partial charge in [0.25, 0.3) is 0 Å². The third-order valence-electron chi connectivity index (χ3n) is 3.16. The summed E-state index contributed by atoms with van der Waals surface area (Å²) >= 11 is 2.87. The second kappa shape index (κ2) is 5.85. The molecular formula is C14H20N2O2S2. The summed E-state index contributed by atoms with van der Waals surface area (Å²) in [4.78, 5) is 29.5. The molecule has 0 aliphatic carbocycles. The van der Waals surface area contributed by atoms with Gasteiger partial charge in [-0.1, -0.05) is 32.5 Å². The summed E-state index contributed by atoms with van der Waals surface area (Å²) in [6.07, 6.45) is 0.460. The maximum atomic E-state index is 12.0. The van der Waals surface area contributed by atoms with Gasteiger partial charge in [-0.15, -0.1) is 11.3 Å². The number of nitrogens with zero attached hydrogens (tertiary/aromatic N) is 2. The van der Waals surface area contributed by atoms with Gasteiger partial charge in [-0.25, -0.2) is 4.98 Å². The molecule has 1 fully saturated rings. The van der Waals surface area contributed by atoms with Gasteiger partial charge in [-0.3, -0.25) is 9.59 Å². The van der Waals surface area contributed by atoms with Crippen molar-refractivity contribution in [2.24, 2.45) is 0 Å². The highest BCUT2D eigenvalue weighted by molar-refractivity contribution is 8.14. The highest BCUT2D eigenvalue weighted by Crippen LogP contribution is 2.28. The summed E-state index contributed by atoms with van der Waals surface area (Å²) < 4.78 is 0. The van der Waals surface area contributed by atoms with Crippen molar-refractivity contribution in [3.63, 3.8) is 0 Å². The predicted octanol–water partition coefficient (Wildman–Crippen LogP) is 2.82. The Kier molecular flexibility index (Phi) is 4.54. The number of hydrogen-bond donors (Lipinski definition) is 0. The Morgan fingerprint density at radius 3 is 2.80 bits per heavy atom. The second-order valence-corrected chi connectivity index (χ2v) is 8.51. The predicted molar refractivity (Wildman–Crippen MR) is 82.9 cm³/mol. The molecule has 1 aromatic rings. The summed E-state index contributed by atoms with van der Waals surface area (Å²) in [5.41, 5.74) is 1.11. The van der Waals surface area contributed by atoms with E-state index in [0.29, 0.717) is 19.5 Å². The van der Waals surface area contributed by atoms with Crippen LogP contribution in [-0.2, 0) is 21.5 Å². The number of hydrogen-bond acceptors (Lipinski definition) is 5. The third kappa shape index (κ3) is 3.82. The van der Waals surface area contributed by atoms with Crippen LogP contribution in [0.4, 0.5) is 0 Å². The second-order valence-electron chi connectivity index (χ2n) is 6.09. The molecule has 2 rings (SSSR count). The van der Waals surface area contributed by atoms with Crippen molar-refractivity contribution >= 4 is 34.1 Å². The van der Waals surface area contributed by atoms with Gasteiger partial charge < -0.3 is 4.90 Å². The van der Waals surface area contributed by atoms with E-state index in [9.17, 15) is 9.59 Å². The van der Waals surface area contributed by atoms with E-state index in [0.717, 1.165) is 10.7 Å². The Morgan fingerprint density at radius 1 is 1.55 bits per heavy atom. The maximum Gasteiger partial charge on any atom is 0.224 e. The van der Waals surface area contributed by atoms with Crippen molar-refractivity contribution in [3.05, 3.63) is 16.1 Å². The molecule has 0 aromatic carbocycles. The number of carbonyl (C=O) groups excluding carboxylic acids is 2. The first-order valence-electron chi connectivity index (χ1n) is 6.65. The molecule has 0 radical (unpaired) electrons. The first-order chi connectivity index (χ1) is 9.25. The van der Waals surface area contributed by atoms with Gasteiger partial charge in [0.15, 0.2) is 5.12 Å². The molecule has 0 N–H and O–H groups in total. The van der Waals surface area contributed by atoms with Gasteiger partial charge in [-0.05, 0) is 0 Å². The highest BCUT2D eigenvalue weighted by Gasteiger charge is 2.31. The van der Waals surface area contributed by atoms with Gasteiger partial charge in [0.05, 0.1) is 12.2 Å². The number of likely N-dealkylation sites (tertiary alicyclic amines) is 1. The SMILES string of the molecule is CC(=O)SC1CC(=O)N(Cc2nc(C(C)(C)C)cs2)C1. The normalized spacial score (nSPS) is 19.7. The van der Waals surface area contributed by atoms with Crippen molar-refractivity contribution in [1.29, 1.82) is 0 Å². The van der Waals surface area contributed by atoms with Crippen LogP contribution in [0.1, 0.15) is 44.8 Å². The molecule has 1 amide bonds. The molecule has 4 nitrogen and oxygen atoms in total. The molecule has 1 aromatic heterocycles. The Balaban J connectivity index is 1.98. The summed E-state index contributed by atoms with van der Waals surface area (Å²) in [6.45, 7) is 9.15. The Morgan fingerprint density at radius 2 is 2.25 bits per heavy atom. The van der Waals surface area contributed by atoms with Crippen LogP contribution in [0, 0.1) is 0 Å². The van der Waals surface area contributed by atoms with Crippen molar-refractivity contribution in [3.8, 4) is 0 Å². The van der Waals surface area contributed by atoms with Gasteiger partial charge in [0.1, 0.15) is 5.01 Å². The van der Waals surface area contributed by atoms with E-state index in [-0.39, 0.29) is 21.7 Å². The molecule has 1 aliphatic heterocycles. The zero-order valence-corrected chi connectivity index (χ0v) is 13.9. The van der Waals surface area contributed by atoms with Gasteiger partial charge in [-0.2, -0.15) is 0 Å². The van der Waals surface area contributed by atoms with Crippen LogP contribution in [0.15, 0.2) is 5.38 Å². The number of thiazole rings is 1. The van der Waals surface area contributed by atoms with Gasteiger partial charge in [0.2, 0.25) is 5.91 Å². The fraction of sp³-hybridized carbons (Fsp3) is 0.643. The van der Waals surface area contributed by atoms with E-state index in [4.69, 9.17) is 0 Å². The largest absolute Gasteiger partial charge is 0.335 e. The monoisotopic (exact) mass is 312 g/mol. The summed E-state index contributed by atoms with van der Waals surface area (Å²) in [5.74, 6) is 0.122. The van der Waals surface area contributed by atoms with E-state index in [2.05, 4.69) is 31.1 Å². The zero-order valence-electron chi connectivity index (χ0n) is 12.3. The Hall–Kier alpha value is -0.880. The molecule has 1 saturated heterocycles. The molecule has 6 heteroatoms. The molecule has 0 bridgehead atoms. The van der Waals surface area contributed by atoms with E-state index in [1.165, 1.54) is 11.8 Å². The minimum absolute atomic E-state index is 0.0385. The number of carbonyl (C=O) groups is 2. The number of rotatable bonds is 3.